The number of carbonyl (C=O) groups excluding carboxylic acids is 2. The van der Waals surface area contributed by atoms with Crippen LogP contribution < -0.4 is 20.1 Å². The highest BCUT2D eigenvalue weighted by Crippen LogP contribution is 2.31. The van der Waals surface area contributed by atoms with E-state index in [1.807, 2.05) is 18.2 Å². The molecule has 0 aromatic heterocycles. The molecule has 6 nitrogen and oxygen atoms in total. The molecule has 1 fully saturated rings. The molecule has 1 aliphatic carbocycles. The van der Waals surface area contributed by atoms with Crippen molar-refractivity contribution >= 4 is 17.9 Å². The number of hydrogen-bond acceptors (Lipinski definition) is 4. The van der Waals surface area contributed by atoms with E-state index in [-0.39, 0.29) is 11.8 Å². The summed E-state index contributed by atoms with van der Waals surface area (Å²) in [7, 11) is 0. The fourth-order valence-electron chi connectivity index (χ4n) is 3.06. The van der Waals surface area contributed by atoms with E-state index < -0.39 is 0 Å². The average molecular weight is 344 g/mol. The Morgan fingerprint density at radius 1 is 1.12 bits per heavy atom. The number of amides is 2. The van der Waals surface area contributed by atoms with E-state index in [9.17, 15) is 9.59 Å². The lowest BCUT2D eigenvalue weighted by Gasteiger charge is -2.18. The Balaban J connectivity index is 1.39. The molecule has 0 bridgehead atoms. The standard InChI is InChI=1S/C19H24N2O4/c22-18(20-10-9-19(23)21-15-3-1-2-4-15)8-6-14-5-7-16-17(13-14)25-12-11-24-16/h5-8,13,15H,1-4,9-12H2,(H,20,22)(H,21,23)/b8-6+. The first-order chi connectivity index (χ1) is 12.2. The van der Waals surface area contributed by atoms with Crippen molar-refractivity contribution in [2.75, 3.05) is 19.8 Å². The second-order valence-electron chi connectivity index (χ2n) is 6.33. The summed E-state index contributed by atoms with van der Waals surface area (Å²) < 4.78 is 11.0. The number of fused-ring (bicyclic) bond motifs is 1. The predicted octanol–water partition coefficient (Wildman–Crippen LogP) is 2.04. The van der Waals surface area contributed by atoms with Crippen LogP contribution in [0, 0.1) is 0 Å². The molecule has 0 atom stereocenters. The van der Waals surface area contributed by atoms with Crippen LogP contribution in [-0.4, -0.2) is 37.6 Å². The molecule has 1 aliphatic heterocycles. The molecule has 1 aromatic rings. The summed E-state index contributed by atoms with van der Waals surface area (Å²) in [6, 6.07) is 5.86. The topological polar surface area (TPSA) is 76.7 Å². The van der Waals surface area contributed by atoms with E-state index in [1.165, 1.54) is 18.9 Å². The molecular formula is C19H24N2O4. The van der Waals surface area contributed by atoms with Gasteiger partial charge in [0.15, 0.2) is 11.5 Å². The summed E-state index contributed by atoms with van der Waals surface area (Å²) in [5.74, 6) is 1.20. The van der Waals surface area contributed by atoms with Crippen molar-refractivity contribution in [2.24, 2.45) is 0 Å². The van der Waals surface area contributed by atoms with Gasteiger partial charge in [-0.25, -0.2) is 0 Å². The maximum atomic E-state index is 11.8. The average Bonchev–Trinajstić information content (AvgIpc) is 3.12. The summed E-state index contributed by atoms with van der Waals surface area (Å²) in [5.41, 5.74) is 0.860. The fraction of sp³-hybridized carbons (Fsp3) is 0.474. The number of rotatable bonds is 6. The minimum Gasteiger partial charge on any atom is -0.486 e. The predicted molar refractivity (Wildman–Crippen MR) is 94.5 cm³/mol. The van der Waals surface area contributed by atoms with Crippen LogP contribution in [0.1, 0.15) is 37.7 Å². The molecule has 3 rings (SSSR count). The number of benzene rings is 1. The maximum Gasteiger partial charge on any atom is 0.244 e. The molecule has 0 radical (unpaired) electrons. The highest BCUT2D eigenvalue weighted by Gasteiger charge is 2.16. The van der Waals surface area contributed by atoms with Crippen LogP contribution in [0.5, 0.6) is 11.5 Å². The van der Waals surface area contributed by atoms with Gasteiger partial charge in [-0.15, -0.1) is 0 Å². The molecule has 0 unspecified atom stereocenters. The van der Waals surface area contributed by atoms with Crippen molar-refractivity contribution < 1.29 is 19.1 Å². The van der Waals surface area contributed by atoms with Gasteiger partial charge in [0.25, 0.3) is 0 Å². The van der Waals surface area contributed by atoms with Gasteiger partial charge in [-0.3, -0.25) is 9.59 Å². The van der Waals surface area contributed by atoms with Crippen LogP contribution in [0.15, 0.2) is 24.3 Å². The Bertz CT molecular complexity index is 651. The van der Waals surface area contributed by atoms with Gasteiger partial charge in [-0.2, -0.15) is 0 Å². The minimum atomic E-state index is -0.219. The molecule has 6 heteroatoms. The van der Waals surface area contributed by atoms with Crippen molar-refractivity contribution in [3.8, 4) is 11.5 Å². The molecule has 2 N–H and O–H groups in total. The largest absolute Gasteiger partial charge is 0.486 e. The molecular weight excluding hydrogens is 320 g/mol. The third kappa shape index (κ3) is 5.24. The maximum absolute atomic E-state index is 11.8. The summed E-state index contributed by atoms with van der Waals surface area (Å²) in [6.45, 7) is 1.42. The normalized spacial score (nSPS) is 16.8. The van der Waals surface area contributed by atoms with Gasteiger partial charge >= 0.3 is 0 Å². The minimum absolute atomic E-state index is 0.00279. The van der Waals surface area contributed by atoms with E-state index in [0.29, 0.717) is 38.0 Å². The second-order valence-corrected chi connectivity index (χ2v) is 6.33. The molecule has 2 aliphatic rings. The summed E-state index contributed by atoms with van der Waals surface area (Å²) in [5, 5.41) is 5.73. The quantitative estimate of drug-likeness (QED) is 0.774. The smallest absolute Gasteiger partial charge is 0.244 e. The Hall–Kier alpha value is -2.50. The fourth-order valence-corrected chi connectivity index (χ4v) is 3.06. The van der Waals surface area contributed by atoms with Crippen LogP contribution in [0.4, 0.5) is 0 Å². The van der Waals surface area contributed by atoms with Crippen molar-refractivity contribution in [1.29, 1.82) is 0 Å². The monoisotopic (exact) mass is 344 g/mol. The first kappa shape index (κ1) is 17.3. The number of carbonyl (C=O) groups is 2. The van der Waals surface area contributed by atoms with Crippen LogP contribution in [-0.2, 0) is 9.59 Å². The van der Waals surface area contributed by atoms with Gasteiger partial charge in [0.2, 0.25) is 11.8 Å². The molecule has 1 aromatic carbocycles. The van der Waals surface area contributed by atoms with E-state index in [2.05, 4.69) is 10.6 Å². The van der Waals surface area contributed by atoms with Gasteiger partial charge < -0.3 is 20.1 Å². The Morgan fingerprint density at radius 2 is 1.88 bits per heavy atom. The van der Waals surface area contributed by atoms with Gasteiger partial charge in [0.1, 0.15) is 13.2 Å². The molecule has 25 heavy (non-hydrogen) atoms. The molecule has 1 heterocycles. The lowest BCUT2D eigenvalue weighted by atomic mass is 10.2. The Kier molecular flexibility index (Phi) is 5.93. The number of ether oxygens (including phenoxy) is 2. The van der Waals surface area contributed by atoms with Crippen LogP contribution in [0.3, 0.4) is 0 Å². The lowest BCUT2D eigenvalue weighted by Crippen LogP contribution is -2.35. The van der Waals surface area contributed by atoms with Crippen LogP contribution in [0.2, 0.25) is 0 Å². The third-order valence-electron chi connectivity index (χ3n) is 4.36. The third-order valence-corrected chi connectivity index (χ3v) is 4.36. The highest BCUT2D eigenvalue weighted by molar-refractivity contribution is 5.92. The highest BCUT2D eigenvalue weighted by atomic mass is 16.6. The van der Waals surface area contributed by atoms with Crippen molar-refractivity contribution in [3.05, 3.63) is 29.8 Å². The SMILES string of the molecule is O=C(/C=C/c1ccc2c(c1)OCCO2)NCCC(=O)NC1CCCC1. The Labute approximate surface area is 147 Å². The van der Waals surface area contributed by atoms with Crippen molar-refractivity contribution in [2.45, 2.75) is 38.1 Å². The molecule has 2 amide bonds. The summed E-state index contributed by atoms with van der Waals surface area (Å²) >= 11 is 0. The van der Waals surface area contributed by atoms with Crippen molar-refractivity contribution in [3.63, 3.8) is 0 Å². The van der Waals surface area contributed by atoms with Crippen LogP contribution in [0.25, 0.3) is 6.08 Å². The van der Waals surface area contributed by atoms with Gasteiger partial charge in [-0.05, 0) is 36.6 Å². The van der Waals surface area contributed by atoms with E-state index in [4.69, 9.17) is 9.47 Å². The zero-order valence-corrected chi connectivity index (χ0v) is 14.3. The second kappa shape index (κ2) is 8.55. The summed E-state index contributed by atoms with van der Waals surface area (Å²) in [4.78, 5) is 23.6. The number of hydrogen-bond donors (Lipinski definition) is 2. The molecule has 0 spiro atoms. The molecule has 134 valence electrons. The zero-order valence-electron chi connectivity index (χ0n) is 14.3. The number of nitrogens with one attached hydrogen (secondary N) is 2. The van der Waals surface area contributed by atoms with Gasteiger partial charge in [-0.1, -0.05) is 18.9 Å². The van der Waals surface area contributed by atoms with Gasteiger partial charge in [0, 0.05) is 25.1 Å². The zero-order chi connectivity index (χ0) is 17.5. The molecule has 0 saturated heterocycles. The van der Waals surface area contributed by atoms with Crippen molar-refractivity contribution in [1.82, 2.24) is 10.6 Å². The Morgan fingerprint density at radius 3 is 2.68 bits per heavy atom. The van der Waals surface area contributed by atoms with Crippen LogP contribution >= 0.6 is 0 Å². The first-order valence-corrected chi connectivity index (χ1v) is 8.85. The van der Waals surface area contributed by atoms with E-state index >= 15 is 0 Å². The first-order valence-electron chi connectivity index (χ1n) is 8.85. The summed E-state index contributed by atoms with van der Waals surface area (Å²) in [6.07, 6.45) is 7.98. The molecule has 1 saturated carbocycles. The van der Waals surface area contributed by atoms with E-state index in [0.717, 1.165) is 24.2 Å². The van der Waals surface area contributed by atoms with E-state index in [1.54, 1.807) is 6.08 Å². The van der Waals surface area contributed by atoms with Gasteiger partial charge in [0.05, 0.1) is 0 Å². The lowest BCUT2D eigenvalue weighted by molar-refractivity contribution is -0.121.